The highest BCUT2D eigenvalue weighted by Crippen LogP contribution is 2.16. The lowest BCUT2D eigenvalue weighted by molar-refractivity contribution is 0.306. The van der Waals surface area contributed by atoms with E-state index in [0.29, 0.717) is 13.2 Å². The summed E-state index contributed by atoms with van der Waals surface area (Å²) in [6.07, 6.45) is 12.1. The minimum atomic E-state index is 0.548. The second-order valence-electron chi connectivity index (χ2n) is 10.1. The summed E-state index contributed by atoms with van der Waals surface area (Å²) in [6, 6.07) is 32.6. The number of unbranched alkanes of at least 4 members (excludes halogenated alkanes) is 3. The van der Waals surface area contributed by atoms with Crippen LogP contribution in [0.1, 0.15) is 59.1 Å². The maximum absolute atomic E-state index is 5.89. The molecule has 42 heavy (non-hydrogen) atoms. The predicted octanol–water partition coefficient (Wildman–Crippen LogP) is 9.23. The normalized spacial score (nSPS) is 11.1. The summed E-state index contributed by atoms with van der Waals surface area (Å²) in [7, 11) is 0. The Morgan fingerprint density at radius 2 is 0.810 bits per heavy atom. The van der Waals surface area contributed by atoms with E-state index in [2.05, 4.69) is 47.4 Å². The number of benzene rings is 4. The van der Waals surface area contributed by atoms with Crippen molar-refractivity contribution in [3.8, 4) is 11.5 Å². The molecule has 0 aromatic heterocycles. The Morgan fingerprint density at radius 1 is 0.452 bits per heavy atom. The van der Waals surface area contributed by atoms with Crippen LogP contribution in [0, 0.1) is 0 Å². The van der Waals surface area contributed by atoms with Crippen LogP contribution in [0.3, 0.4) is 0 Å². The first-order valence-electron chi connectivity index (χ1n) is 14.6. The number of rotatable bonds is 17. The first-order chi connectivity index (χ1) is 20.7. The van der Waals surface area contributed by atoms with Gasteiger partial charge in [0, 0.05) is 25.5 Å². The molecule has 4 rings (SSSR count). The van der Waals surface area contributed by atoms with Crippen molar-refractivity contribution in [1.29, 1.82) is 0 Å². The van der Waals surface area contributed by atoms with Crippen molar-refractivity contribution in [2.24, 2.45) is 9.98 Å². The van der Waals surface area contributed by atoms with Crippen LogP contribution >= 0.6 is 0 Å². The Balaban J connectivity index is 1.03. The average Bonchev–Trinajstić information content (AvgIpc) is 3.05. The van der Waals surface area contributed by atoms with E-state index in [1.807, 2.05) is 97.4 Å². The molecule has 4 nitrogen and oxygen atoms in total. The van der Waals surface area contributed by atoms with Gasteiger partial charge in [0.05, 0.1) is 0 Å². The number of nitrogens with zero attached hydrogens (tertiary/aromatic N) is 2. The monoisotopic (exact) mass is 556 g/mol. The molecule has 0 bridgehead atoms. The molecule has 0 unspecified atom stereocenters. The SMILES string of the molecule is C=Cc1ccc(COc2ccc(/C=N/CCCCCC/N=C/c3ccc(OCc4ccc(C=C)cc4)cc3)cc2)cc1. The van der Waals surface area contributed by atoms with Crippen LogP contribution in [0.4, 0.5) is 0 Å². The van der Waals surface area contributed by atoms with E-state index >= 15 is 0 Å². The molecule has 4 heteroatoms. The molecule has 0 amide bonds. The fraction of sp³-hybridized carbons (Fsp3) is 0.211. The summed E-state index contributed by atoms with van der Waals surface area (Å²) in [4.78, 5) is 9.16. The van der Waals surface area contributed by atoms with E-state index in [4.69, 9.17) is 9.47 Å². The molecule has 0 saturated carbocycles. The van der Waals surface area contributed by atoms with Gasteiger partial charge in [0.15, 0.2) is 0 Å². The highest BCUT2D eigenvalue weighted by atomic mass is 16.5. The smallest absolute Gasteiger partial charge is 0.119 e. The van der Waals surface area contributed by atoms with E-state index < -0.39 is 0 Å². The Kier molecular flexibility index (Phi) is 12.4. The maximum Gasteiger partial charge on any atom is 0.119 e. The minimum absolute atomic E-state index is 0.548. The molecule has 4 aromatic rings. The van der Waals surface area contributed by atoms with Gasteiger partial charge in [-0.1, -0.05) is 86.7 Å². The predicted molar refractivity (Wildman–Crippen MR) is 178 cm³/mol. The standard InChI is InChI=1S/C38H40N2O2/c1-3-31-9-13-35(14-10-31)29-41-37-21-17-33(18-22-37)27-39-25-7-5-6-8-26-40-28-34-19-23-38(24-20-34)42-30-36-15-11-32(4-2)12-16-36/h3-4,9-24,27-28H,1-2,5-8,25-26,29-30H2/b39-27+,40-28+. The van der Waals surface area contributed by atoms with Crippen molar-refractivity contribution in [2.45, 2.75) is 38.9 Å². The second kappa shape index (κ2) is 17.2. The van der Waals surface area contributed by atoms with E-state index in [9.17, 15) is 0 Å². The van der Waals surface area contributed by atoms with Gasteiger partial charge in [0.25, 0.3) is 0 Å². The zero-order valence-corrected chi connectivity index (χ0v) is 24.3. The number of aliphatic imine (C=N–C) groups is 2. The molecule has 4 aromatic carbocycles. The largest absolute Gasteiger partial charge is 0.489 e. The molecule has 0 fully saturated rings. The van der Waals surface area contributed by atoms with E-state index in [0.717, 1.165) is 83.7 Å². The third kappa shape index (κ3) is 10.7. The van der Waals surface area contributed by atoms with Crippen molar-refractivity contribution in [3.05, 3.63) is 144 Å². The van der Waals surface area contributed by atoms with E-state index in [1.54, 1.807) is 0 Å². The molecule has 0 spiro atoms. The Hall–Kier alpha value is -4.70. The molecule has 0 N–H and O–H groups in total. The maximum atomic E-state index is 5.89. The fourth-order valence-electron chi connectivity index (χ4n) is 4.23. The second-order valence-corrected chi connectivity index (χ2v) is 10.1. The molecule has 0 aliphatic carbocycles. The molecule has 0 saturated heterocycles. The van der Waals surface area contributed by atoms with Gasteiger partial charge < -0.3 is 9.47 Å². The van der Waals surface area contributed by atoms with Gasteiger partial charge in [-0.2, -0.15) is 0 Å². The van der Waals surface area contributed by atoms with Crippen LogP contribution in [-0.2, 0) is 13.2 Å². The van der Waals surface area contributed by atoms with Crippen molar-refractivity contribution < 1.29 is 9.47 Å². The highest BCUT2D eigenvalue weighted by molar-refractivity contribution is 5.80. The van der Waals surface area contributed by atoms with Gasteiger partial charge >= 0.3 is 0 Å². The summed E-state index contributed by atoms with van der Waals surface area (Å²) >= 11 is 0. The summed E-state index contributed by atoms with van der Waals surface area (Å²) in [5.74, 6) is 1.71. The Morgan fingerprint density at radius 3 is 1.17 bits per heavy atom. The highest BCUT2D eigenvalue weighted by Gasteiger charge is 1.99. The van der Waals surface area contributed by atoms with Crippen LogP contribution < -0.4 is 9.47 Å². The first kappa shape index (κ1) is 30.3. The first-order valence-corrected chi connectivity index (χ1v) is 14.6. The number of ether oxygens (including phenoxy) is 2. The topological polar surface area (TPSA) is 43.2 Å². The summed E-state index contributed by atoms with van der Waals surface area (Å²) < 4.78 is 11.8. The zero-order valence-electron chi connectivity index (χ0n) is 24.3. The van der Waals surface area contributed by atoms with Crippen LogP contribution in [0.2, 0.25) is 0 Å². The summed E-state index contributed by atoms with van der Waals surface area (Å²) in [5.41, 5.74) is 6.67. The lowest BCUT2D eigenvalue weighted by atomic mass is 10.1. The van der Waals surface area contributed by atoms with Crippen molar-refractivity contribution >= 4 is 24.6 Å². The number of hydrogen-bond donors (Lipinski definition) is 0. The lowest BCUT2D eigenvalue weighted by Crippen LogP contribution is -1.95. The van der Waals surface area contributed by atoms with Gasteiger partial charge in [-0.3, -0.25) is 9.98 Å². The van der Waals surface area contributed by atoms with Crippen molar-refractivity contribution in [1.82, 2.24) is 0 Å². The third-order valence-corrected chi connectivity index (χ3v) is 6.81. The van der Waals surface area contributed by atoms with Crippen LogP contribution in [0.5, 0.6) is 11.5 Å². The van der Waals surface area contributed by atoms with Gasteiger partial charge in [-0.15, -0.1) is 0 Å². The van der Waals surface area contributed by atoms with Gasteiger partial charge in [-0.25, -0.2) is 0 Å². The van der Waals surface area contributed by atoms with Gasteiger partial charge in [-0.05, 0) is 94.8 Å². The Bertz CT molecular complexity index is 1310. The summed E-state index contributed by atoms with van der Waals surface area (Å²) in [6.45, 7) is 10.4. The van der Waals surface area contributed by atoms with Crippen molar-refractivity contribution in [3.63, 3.8) is 0 Å². The lowest BCUT2D eigenvalue weighted by Gasteiger charge is -2.07. The van der Waals surface area contributed by atoms with Crippen LogP contribution in [0.25, 0.3) is 12.2 Å². The van der Waals surface area contributed by atoms with Gasteiger partial charge in [0.2, 0.25) is 0 Å². The van der Waals surface area contributed by atoms with Crippen LogP contribution in [-0.4, -0.2) is 25.5 Å². The molecule has 0 heterocycles. The Labute approximate surface area is 250 Å². The minimum Gasteiger partial charge on any atom is -0.489 e. The molecule has 0 aliphatic rings. The molecule has 214 valence electrons. The molecule has 0 radical (unpaired) electrons. The average molecular weight is 557 g/mol. The van der Waals surface area contributed by atoms with Gasteiger partial charge in [0.1, 0.15) is 24.7 Å². The van der Waals surface area contributed by atoms with E-state index in [1.165, 1.54) is 0 Å². The quantitative estimate of drug-likeness (QED) is 0.0961. The van der Waals surface area contributed by atoms with E-state index in [-0.39, 0.29) is 0 Å². The van der Waals surface area contributed by atoms with Crippen molar-refractivity contribution in [2.75, 3.05) is 13.1 Å². The zero-order chi connectivity index (χ0) is 29.2. The molecule has 0 atom stereocenters. The number of hydrogen-bond acceptors (Lipinski definition) is 4. The fourth-order valence-corrected chi connectivity index (χ4v) is 4.23. The molecule has 0 aliphatic heterocycles. The molecular weight excluding hydrogens is 516 g/mol. The van der Waals surface area contributed by atoms with Crippen LogP contribution in [0.15, 0.2) is 120 Å². The third-order valence-electron chi connectivity index (χ3n) is 6.81. The molecular formula is C38H40N2O2. The summed E-state index contributed by atoms with van der Waals surface area (Å²) in [5, 5.41) is 0.